The van der Waals surface area contributed by atoms with Crippen molar-refractivity contribution in [3.8, 4) is 0 Å². The summed E-state index contributed by atoms with van der Waals surface area (Å²) >= 11 is 0. The monoisotopic (exact) mass is 596 g/mol. The lowest BCUT2D eigenvalue weighted by atomic mass is 9.78. The maximum absolute atomic E-state index is 13.1. The zero-order valence-electron chi connectivity index (χ0n) is 24.5. The minimum absolute atomic E-state index is 0.0757. The van der Waals surface area contributed by atoms with Crippen LogP contribution in [0.4, 0.5) is 0 Å². The van der Waals surface area contributed by atoms with Crippen LogP contribution in [0.3, 0.4) is 0 Å². The number of nitrogens with two attached hydrogens (primary N) is 1. The highest BCUT2D eigenvalue weighted by Crippen LogP contribution is 2.44. The molecule has 2 atom stereocenters. The number of benzene rings is 1. The minimum Gasteiger partial charge on any atom is -0.423 e. The highest BCUT2D eigenvalue weighted by atomic mass is 16.4. The fourth-order valence-corrected chi connectivity index (χ4v) is 5.88. The van der Waals surface area contributed by atoms with Gasteiger partial charge in [-0.3, -0.25) is 24.0 Å². The van der Waals surface area contributed by atoms with Crippen LogP contribution in [-0.2, 0) is 30.4 Å². The van der Waals surface area contributed by atoms with Crippen LogP contribution < -0.4 is 16.4 Å². The van der Waals surface area contributed by atoms with Crippen molar-refractivity contribution in [2.45, 2.75) is 63.1 Å². The third-order valence-electron chi connectivity index (χ3n) is 8.56. The molecule has 0 radical (unpaired) electrons. The van der Waals surface area contributed by atoms with E-state index in [0.717, 1.165) is 5.56 Å². The van der Waals surface area contributed by atoms with Gasteiger partial charge in [0.25, 0.3) is 0 Å². The van der Waals surface area contributed by atoms with Gasteiger partial charge in [-0.15, -0.1) is 0 Å². The number of piperidine rings is 1. The molecule has 232 valence electrons. The lowest BCUT2D eigenvalue weighted by Crippen LogP contribution is -2.50. The summed E-state index contributed by atoms with van der Waals surface area (Å²) in [6, 6.07) is 8.52. The van der Waals surface area contributed by atoms with E-state index >= 15 is 0 Å². The third kappa shape index (κ3) is 7.81. The summed E-state index contributed by atoms with van der Waals surface area (Å²) < 4.78 is 0. The van der Waals surface area contributed by atoms with Gasteiger partial charge in [-0.05, 0) is 56.6 Å². The average Bonchev–Trinajstić information content (AvgIpc) is 3.42. The van der Waals surface area contributed by atoms with Crippen molar-refractivity contribution in [3.05, 3.63) is 47.4 Å². The summed E-state index contributed by atoms with van der Waals surface area (Å²) in [5, 5.41) is 24.5. The van der Waals surface area contributed by atoms with Crippen LogP contribution in [0.5, 0.6) is 0 Å². The Hall–Kier alpha value is -3.75. The largest absolute Gasteiger partial charge is 0.485 e. The van der Waals surface area contributed by atoms with Crippen LogP contribution in [0.15, 0.2) is 41.9 Å². The van der Waals surface area contributed by atoms with E-state index in [9.17, 15) is 34.0 Å². The van der Waals surface area contributed by atoms with E-state index in [1.54, 1.807) is 15.9 Å². The zero-order chi connectivity index (χ0) is 31.1. The second kappa shape index (κ2) is 14.2. The summed E-state index contributed by atoms with van der Waals surface area (Å²) in [6.45, 7) is 2.59. The molecule has 3 heterocycles. The lowest BCUT2D eigenvalue weighted by Gasteiger charge is -2.33. The molecule has 1 aromatic carbocycles. The molecule has 0 aliphatic carbocycles. The molecule has 13 nitrogen and oxygen atoms in total. The summed E-state index contributed by atoms with van der Waals surface area (Å²) in [4.78, 5) is 68.1. The van der Waals surface area contributed by atoms with Crippen molar-refractivity contribution in [2.75, 3.05) is 39.3 Å². The number of carbonyl (C=O) groups is 5. The molecule has 5 amide bonds. The Morgan fingerprint density at radius 1 is 1.09 bits per heavy atom. The van der Waals surface area contributed by atoms with Gasteiger partial charge in [-0.25, -0.2) is 0 Å². The van der Waals surface area contributed by atoms with E-state index in [1.807, 2.05) is 37.3 Å². The average molecular weight is 596 g/mol. The fraction of sp³-hybridized carbons (Fsp3) is 0.552. The molecule has 0 bridgehead atoms. The number of nitrogens with one attached hydrogen (secondary N) is 2. The highest BCUT2D eigenvalue weighted by molar-refractivity contribution is 6.51. The number of amides is 5. The summed E-state index contributed by atoms with van der Waals surface area (Å²) in [6.07, 6.45) is 4.09. The minimum atomic E-state index is -1.67. The Balaban J connectivity index is 1.20. The maximum atomic E-state index is 13.1. The summed E-state index contributed by atoms with van der Waals surface area (Å²) in [7, 11) is -1.67. The number of nitrogens with zero attached hydrogens (tertiary/aromatic N) is 3. The van der Waals surface area contributed by atoms with E-state index < -0.39 is 24.6 Å². The highest BCUT2D eigenvalue weighted by Gasteiger charge is 2.63. The van der Waals surface area contributed by atoms with Gasteiger partial charge in [0.15, 0.2) is 0 Å². The third-order valence-corrected chi connectivity index (χ3v) is 8.56. The van der Waals surface area contributed by atoms with Crippen LogP contribution in [0.2, 0.25) is 0 Å². The Morgan fingerprint density at radius 3 is 2.44 bits per heavy atom. The Labute approximate surface area is 251 Å². The first-order valence-corrected chi connectivity index (χ1v) is 14.8. The molecule has 3 aliphatic rings. The Morgan fingerprint density at radius 2 is 1.79 bits per heavy atom. The SMILES string of the molecule is CC1CC(NC(=O)CNC(=O)CCc2ccccc2)C(=O)N1CC(=O)N1CCC2(CC1)C(=O)N2C/C(=C\CCN)B(O)O. The molecule has 3 fully saturated rings. The molecule has 4 rings (SSSR count). The van der Waals surface area contributed by atoms with Crippen molar-refractivity contribution in [2.24, 2.45) is 5.73 Å². The molecule has 0 saturated carbocycles. The molecule has 1 aromatic rings. The van der Waals surface area contributed by atoms with Gasteiger partial charge < -0.3 is 41.1 Å². The first-order valence-electron chi connectivity index (χ1n) is 14.8. The van der Waals surface area contributed by atoms with Crippen molar-refractivity contribution in [3.63, 3.8) is 0 Å². The number of carbonyl (C=O) groups excluding carboxylic acids is 5. The van der Waals surface area contributed by atoms with Crippen LogP contribution >= 0.6 is 0 Å². The molecule has 0 aromatic heterocycles. The number of hydrogen-bond acceptors (Lipinski definition) is 8. The lowest BCUT2D eigenvalue weighted by molar-refractivity contribution is -0.141. The topological polar surface area (TPSA) is 185 Å². The van der Waals surface area contributed by atoms with Crippen LogP contribution in [0.1, 0.15) is 44.6 Å². The maximum Gasteiger partial charge on any atom is 0.485 e. The quantitative estimate of drug-likeness (QED) is 0.132. The van der Waals surface area contributed by atoms with Crippen molar-refractivity contribution in [1.29, 1.82) is 0 Å². The molecule has 6 N–H and O–H groups in total. The van der Waals surface area contributed by atoms with Crippen LogP contribution in [-0.4, -0.2) is 118 Å². The molecular formula is C29H41BN6O7. The normalized spacial score (nSPS) is 21.3. The second-order valence-electron chi connectivity index (χ2n) is 11.5. The van der Waals surface area contributed by atoms with Gasteiger partial charge >= 0.3 is 7.12 Å². The van der Waals surface area contributed by atoms with Gasteiger partial charge in [0.2, 0.25) is 29.5 Å². The van der Waals surface area contributed by atoms with E-state index in [-0.39, 0.29) is 55.7 Å². The molecule has 1 spiro atoms. The van der Waals surface area contributed by atoms with Crippen molar-refractivity contribution in [1.82, 2.24) is 25.3 Å². The Bertz CT molecular complexity index is 1230. The van der Waals surface area contributed by atoms with E-state index in [2.05, 4.69) is 10.6 Å². The summed E-state index contributed by atoms with van der Waals surface area (Å²) in [5.74, 6) is -1.39. The fourth-order valence-electron chi connectivity index (χ4n) is 5.88. The van der Waals surface area contributed by atoms with Gasteiger partial charge in [-0.2, -0.15) is 0 Å². The van der Waals surface area contributed by atoms with Gasteiger partial charge in [0.05, 0.1) is 6.54 Å². The van der Waals surface area contributed by atoms with Crippen LogP contribution in [0.25, 0.3) is 0 Å². The van der Waals surface area contributed by atoms with Gasteiger partial charge in [0.1, 0.15) is 18.1 Å². The second-order valence-corrected chi connectivity index (χ2v) is 11.5. The first kappa shape index (κ1) is 32.2. The van der Waals surface area contributed by atoms with E-state index in [4.69, 9.17) is 5.73 Å². The standard InChI is InChI=1S/C29H41BN6O7/c1-20-16-23(33-25(38)17-32-24(37)10-9-21-6-3-2-4-7-21)27(40)35(20)19-26(39)34-14-11-29(12-15-34)28(41)36(29)18-22(30(42)43)8-5-13-31/h2-4,6-8,20,23,42-43H,5,9-19,31H2,1H3,(H,32,37)(H,33,38)/b22-8+. The van der Waals surface area contributed by atoms with E-state index in [1.165, 1.54) is 4.90 Å². The number of hydrogen-bond donors (Lipinski definition) is 5. The smallest absolute Gasteiger partial charge is 0.423 e. The molecule has 3 aliphatic heterocycles. The molecular weight excluding hydrogens is 555 g/mol. The number of rotatable bonds is 13. The van der Waals surface area contributed by atoms with Crippen LogP contribution in [0, 0.1) is 0 Å². The van der Waals surface area contributed by atoms with Crippen molar-refractivity contribution < 1.29 is 34.0 Å². The number of likely N-dealkylation sites (tertiary alicyclic amines) is 2. The zero-order valence-corrected chi connectivity index (χ0v) is 24.5. The first-order chi connectivity index (χ1) is 20.6. The van der Waals surface area contributed by atoms with Gasteiger partial charge in [0, 0.05) is 32.1 Å². The molecule has 3 saturated heterocycles. The molecule has 14 heteroatoms. The molecule has 2 unspecified atom stereocenters. The van der Waals surface area contributed by atoms with Gasteiger partial charge in [-0.1, -0.05) is 36.4 Å². The van der Waals surface area contributed by atoms with Crippen molar-refractivity contribution >= 4 is 36.7 Å². The predicted octanol–water partition coefficient (Wildman–Crippen LogP) is -1.67. The predicted molar refractivity (Wildman–Crippen MR) is 158 cm³/mol. The Kier molecular flexibility index (Phi) is 10.6. The number of aryl methyl sites for hydroxylation is 1. The van der Waals surface area contributed by atoms with E-state index in [0.29, 0.717) is 57.2 Å². The summed E-state index contributed by atoms with van der Waals surface area (Å²) in [5.41, 5.74) is 6.14. The molecule has 43 heavy (non-hydrogen) atoms.